The fraction of sp³-hybridized carbons (Fsp3) is 0.350. The molecule has 1 atom stereocenters. The van der Waals surface area contributed by atoms with Crippen molar-refractivity contribution in [1.29, 1.82) is 0 Å². The Morgan fingerprint density at radius 3 is 2.40 bits per heavy atom. The van der Waals surface area contributed by atoms with Gasteiger partial charge >= 0.3 is 0 Å². The predicted molar refractivity (Wildman–Crippen MR) is 106 cm³/mol. The van der Waals surface area contributed by atoms with Crippen molar-refractivity contribution in [3.05, 3.63) is 58.6 Å². The monoisotopic (exact) mass is 377 g/mol. The van der Waals surface area contributed by atoms with Gasteiger partial charge in [0, 0.05) is 22.2 Å². The third-order valence-electron chi connectivity index (χ3n) is 3.62. The van der Waals surface area contributed by atoms with E-state index < -0.39 is 6.10 Å². The number of aryl methyl sites for hydroxylation is 2. The van der Waals surface area contributed by atoms with Gasteiger partial charge in [0.15, 0.2) is 6.10 Å². The number of carbonyl (C=O) groups excluding carboxylic acids is 1. The van der Waals surface area contributed by atoms with Gasteiger partial charge < -0.3 is 10.1 Å². The summed E-state index contributed by atoms with van der Waals surface area (Å²) in [6.45, 7) is 6.60. The minimum atomic E-state index is -0.471. The Labute approximate surface area is 159 Å². The number of hydrogen-bond donors (Lipinski definition) is 1. The van der Waals surface area contributed by atoms with E-state index in [2.05, 4.69) is 11.4 Å². The van der Waals surface area contributed by atoms with Crippen molar-refractivity contribution >= 4 is 29.3 Å². The second kappa shape index (κ2) is 9.73. The zero-order chi connectivity index (χ0) is 18.2. The first kappa shape index (κ1) is 19.7. The average molecular weight is 378 g/mol. The van der Waals surface area contributed by atoms with Crippen LogP contribution in [0.25, 0.3) is 0 Å². The number of halogens is 1. The minimum absolute atomic E-state index is 0.0710. The van der Waals surface area contributed by atoms with E-state index in [0.29, 0.717) is 13.0 Å². The van der Waals surface area contributed by atoms with Gasteiger partial charge in [-0.1, -0.05) is 24.6 Å². The lowest BCUT2D eigenvalue weighted by molar-refractivity contribution is -0.127. The second-order valence-corrected chi connectivity index (χ2v) is 7.54. The molecule has 0 unspecified atom stereocenters. The van der Waals surface area contributed by atoms with Crippen LogP contribution >= 0.6 is 23.4 Å². The first-order valence-electron chi connectivity index (χ1n) is 8.39. The largest absolute Gasteiger partial charge is 0.481 e. The van der Waals surface area contributed by atoms with Crippen LogP contribution in [0.2, 0.25) is 5.02 Å². The molecule has 0 saturated carbocycles. The number of nitrogens with one attached hydrogen (secondary N) is 1. The van der Waals surface area contributed by atoms with Crippen molar-refractivity contribution in [2.24, 2.45) is 0 Å². The summed E-state index contributed by atoms with van der Waals surface area (Å²) in [7, 11) is 0. The maximum Gasteiger partial charge on any atom is 0.261 e. The summed E-state index contributed by atoms with van der Waals surface area (Å²) in [4.78, 5) is 13.5. The Kier molecular flexibility index (Phi) is 7.66. The molecule has 1 N–H and O–H groups in total. The third-order valence-corrected chi connectivity index (χ3v) is 4.89. The summed E-state index contributed by atoms with van der Waals surface area (Å²) in [6, 6.07) is 13.7. The fourth-order valence-corrected chi connectivity index (χ4v) is 3.37. The molecule has 0 aliphatic carbocycles. The van der Waals surface area contributed by atoms with Gasteiger partial charge in [0.1, 0.15) is 5.75 Å². The molecule has 2 rings (SSSR count). The number of benzene rings is 2. The lowest BCUT2D eigenvalue weighted by Gasteiger charge is -2.18. The standard InChI is InChI=1S/C20H24ClNO2S/c1-4-19(24-17-12-14(2)11-15(3)13-17)20(23)22-9-10-25-18-7-5-16(21)6-8-18/h5-8,11-13,19H,4,9-10H2,1-3H3,(H,22,23)/t19-/m0/s1. The van der Waals surface area contributed by atoms with Crippen molar-refractivity contribution in [2.45, 2.75) is 38.2 Å². The SMILES string of the molecule is CC[C@H](Oc1cc(C)cc(C)c1)C(=O)NCCSc1ccc(Cl)cc1. The zero-order valence-corrected chi connectivity index (χ0v) is 16.4. The summed E-state index contributed by atoms with van der Waals surface area (Å²) in [5.41, 5.74) is 2.26. The summed E-state index contributed by atoms with van der Waals surface area (Å²) in [6.07, 6.45) is 0.158. The van der Waals surface area contributed by atoms with Crippen LogP contribution in [0, 0.1) is 13.8 Å². The van der Waals surface area contributed by atoms with E-state index in [1.807, 2.05) is 57.2 Å². The maximum atomic E-state index is 12.3. The van der Waals surface area contributed by atoms with E-state index in [0.717, 1.165) is 32.5 Å². The summed E-state index contributed by atoms with van der Waals surface area (Å²) < 4.78 is 5.88. The second-order valence-electron chi connectivity index (χ2n) is 5.93. The molecule has 134 valence electrons. The molecule has 0 spiro atoms. The van der Waals surface area contributed by atoms with Crippen molar-refractivity contribution in [1.82, 2.24) is 5.32 Å². The van der Waals surface area contributed by atoms with Gasteiger partial charge in [-0.15, -0.1) is 11.8 Å². The van der Waals surface area contributed by atoms with E-state index in [1.54, 1.807) is 11.8 Å². The van der Waals surface area contributed by atoms with E-state index in [-0.39, 0.29) is 5.91 Å². The van der Waals surface area contributed by atoms with Crippen LogP contribution in [-0.2, 0) is 4.79 Å². The van der Waals surface area contributed by atoms with Gasteiger partial charge in [0.05, 0.1) is 0 Å². The Morgan fingerprint density at radius 2 is 1.80 bits per heavy atom. The molecule has 0 radical (unpaired) electrons. The number of hydrogen-bond acceptors (Lipinski definition) is 3. The van der Waals surface area contributed by atoms with Gasteiger partial charge in [0.2, 0.25) is 0 Å². The summed E-state index contributed by atoms with van der Waals surface area (Å²) in [5.74, 6) is 1.47. The molecule has 1 amide bonds. The molecule has 5 heteroatoms. The van der Waals surface area contributed by atoms with Crippen LogP contribution in [0.3, 0.4) is 0 Å². The molecule has 0 aromatic heterocycles. The van der Waals surface area contributed by atoms with E-state index in [4.69, 9.17) is 16.3 Å². The predicted octanol–water partition coefficient (Wildman–Crippen LogP) is 5.02. The zero-order valence-electron chi connectivity index (χ0n) is 14.8. The smallest absolute Gasteiger partial charge is 0.261 e. The lowest BCUT2D eigenvalue weighted by Crippen LogP contribution is -2.39. The molecule has 0 bridgehead atoms. The normalized spacial score (nSPS) is 11.8. The average Bonchev–Trinajstić information content (AvgIpc) is 2.57. The van der Waals surface area contributed by atoms with Crippen molar-refractivity contribution < 1.29 is 9.53 Å². The highest BCUT2D eigenvalue weighted by Crippen LogP contribution is 2.20. The summed E-state index contributed by atoms with van der Waals surface area (Å²) in [5, 5.41) is 3.68. The van der Waals surface area contributed by atoms with E-state index in [9.17, 15) is 4.79 Å². The fourth-order valence-electron chi connectivity index (χ4n) is 2.48. The van der Waals surface area contributed by atoms with Crippen LogP contribution < -0.4 is 10.1 Å². The van der Waals surface area contributed by atoms with Crippen LogP contribution in [0.15, 0.2) is 47.4 Å². The van der Waals surface area contributed by atoms with Gasteiger partial charge in [-0.05, 0) is 67.8 Å². The van der Waals surface area contributed by atoms with Crippen LogP contribution in [-0.4, -0.2) is 24.3 Å². The molecule has 0 heterocycles. The molecule has 0 aliphatic heterocycles. The number of thioether (sulfide) groups is 1. The van der Waals surface area contributed by atoms with E-state index in [1.165, 1.54) is 0 Å². The molecule has 0 saturated heterocycles. The quantitative estimate of drug-likeness (QED) is 0.518. The maximum absolute atomic E-state index is 12.3. The first-order chi connectivity index (χ1) is 12.0. The van der Waals surface area contributed by atoms with Crippen LogP contribution in [0.5, 0.6) is 5.75 Å². The molecule has 0 fully saturated rings. The molecule has 25 heavy (non-hydrogen) atoms. The van der Waals surface area contributed by atoms with Gasteiger partial charge in [-0.25, -0.2) is 0 Å². The van der Waals surface area contributed by atoms with E-state index >= 15 is 0 Å². The number of carbonyl (C=O) groups is 1. The highest BCUT2D eigenvalue weighted by molar-refractivity contribution is 7.99. The van der Waals surface area contributed by atoms with Crippen molar-refractivity contribution in [3.8, 4) is 5.75 Å². The molecular weight excluding hydrogens is 354 g/mol. The lowest BCUT2D eigenvalue weighted by atomic mass is 10.1. The molecular formula is C20H24ClNO2S. The van der Waals surface area contributed by atoms with Crippen molar-refractivity contribution in [2.75, 3.05) is 12.3 Å². The van der Waals surface area contributed by atoms with Gasteiger partial charge in [-0.2, -0.15) is 0 Å². The Morgan fingerprint density at radius 1 is 1.16 bits per heavy atom. The first-order valence-corrected chi connectivity index (χ1v) is 9.75. The Hall–Kier alpha value is -1.65. The minimum Gasteiger partial charge on any atom is -0.481 e. The third kappa shape index (κ3) is 6.63. The molecule has 2 aromatic rings. The topological polar surface area (TPSA) is 38.3 Å². The van der Waals surface area contributed by atoms with Crippen molar-refractivity contribution in [3.63, 3.8) is 0 Å². The van der Waals surface area contributed by atoms with Gasteiger partial charge in [0.25, 0.3) is 5.91 Å². The van der Waals surface area contributed by atoms with Crippen LogP contribution in [0.4, 0.5) is 0 Å². The Bertz CT molecular complexity index is 683. The highest BCUT2D eigenvalue weighted by atomic mass is 35.5. The Balaban J connectivity index is 1.80. The molecule has 2 aromatic carbocycles. The summed E-state index contributed by atoms with van der Waals surface area (Å²) >= 11 is 7.56. The highest BCUT2D eigenvalue weighted by Gasteiger charge is 2.18. The molecule has 3 nitrogen and oxygen atoms in total. The van der Waals surface area contributed by atoms with Crippen LogP contribution in [0.1, 0.15) is 24.5 Å². The van der Waals surface area contributed by atoms with Gasteiger partial charge in [-0.3, -0.25) is 4.79 Å². The number of ether oxygens (including phenoxy) is 1. The number of amides is 1. The number of rotatable bonds is 8. The molecule has 0 aliphatic rings.